The van der Waals surface area contributed by atoms with Crippen LogP contribution in [0, 0.1) is 10.1 Å². The van der Waals surface area contributed by atoms with E-state index >= 15 is 0 Å². The Bertz CT molecular complexity index is 844. The Morgan fingerprint density at radius 2 is 1.78 bits per heavy atom. The van der Waals surface area contributed by atoms with Gasteiger partial charge < -0.3 is 10.1 Å². The zero-order chi connectivity index (χ0) is 19.3. The van der Waals surface area contributed by atoms with Crippen LogP contribution in [0.2, 0.25) is 0 Å². The van der Waals surface area contributed by atoms with Gasteiger partial charge in [0.2, 0.25) is 0 Å². The number of benzene rings is 2. The van der Waals surface area contributed by atoms with Crippen molar-refractivity contribution in [1.82, 2.24) is 0 Å². The van der Waals surface area contributed by atoms with Gasteiger partial charge in [0.25, 0.3) is 11.6 Å². The molecule has 27 heavy (non-hydrogen) atoms. The Kier molecular flexibility index (Phi) is 5.49. The van der Waals surface area contributed by atoms with Gasteiger partial charge in [-0.1, -0.05) is 49.2 Å². The molecule has 0 atom stereocenters. The lowest BCUT2D eigenvalue weighted by molar-refractivity contribution is -0.384. The van der Waals surface area contributed by atoms with Gasteiger partial charge in [-0.25, -0.2) is 0 Å². The van der Waals surface area contributed by atoms with E-state index in [4.69, 9.17) is 4.74 Å². The Morgan fingerprint density at radius 3 is 2.44 bits per heavy atom. The van der Waals surface area contributed by atoms with Crippen LogP contribution in [0.5, 0.6) is 0 Å². The fourth-order valence-electron chi connectivity index (χ4n) is 3.51. The fourth-order valence-corrected chi connectivity index (χ4v) is 3.51. The van der Waals surface area contributed by atoms with E-state index in [1.54, 1.807) is 0 Å². The van der Waals surface area contributed by atoms with Gasteiger partial charge >= 0.3 is 5.97 Å². The molecule has 1 aliphatic carbocycles. The molecular weight excluding hydrogens is 348 g/mol. The summed E-state index contributed by atoms with van der Waals surface area (Å²) in [5.74, 6) is -0.939. The summed E-state index contributed by atoms with van der Waals surface area (Å²) >= 11 is 0. The Morgan fingerprint density at radius 1 is 1.07 bits per heavy atom. The first-order valence-electron chi connectivity index (χ1n) is 8.78. The second kappa shape index (κ2) is 7.99. The highest BCUT2D eigenvalue weighted by Crippen LogP contribution is 2.42. The predicted molar refractivity (Wildman–Crippen MR) is 99.3 cm³/mol. The van der Waals surface area contributed by atoms with Crippen LogP contribution in [-0.4, -0.2) is 23.4 Å². The second-order valence-electron chi connectivity index (χ2n) is 6.59. The van der Waals surface area contributed by atoms with Gasteiger partial charge in [-0.05, 0) is 24.5 Å². The van der Waals surface area contributed by atoms with Crippen molar-refractivity contribution >= 4 is 23.3 Å². The highest BCUT2D eigenvalue weighted by molar-refractivity contribution is 5.94. The first-order chi connectivity index (χ1) is 13.0. The van der Waals surface area contributed by atoms with Gasteiger partial charge in [0.1, 0.15) is 0 Å². The number of hydrogen-bond donors (Lipinski definition) is 1. The number of hydrogen-bond acceptors (Lipinski definition) is 5. The van der Waals surface area contributed by atoms with Crippen molar-refractivity contribution in [3.05, 3.63) is 70.3 Å². The van der Waals surface area contributed by atoms with E-state index in [1.807, 2.05) is 30.3 Å². The molecule has 0 radical (unpaired) electrons. The average Bonchev–Trinajstić information content (AvgIpc) is 3.18. The number of nitro groups is 1. The van der Waals surface area contributed by atoms with Crippen LogP contribution in [0.1, 0.15) is 31.2 Å². The molecule has 1 N–H and O–H groups in total. The quantitative estimate of drug-likeness (QED) is 0.477. The van der Waals surface area contributed by atoms with Crippen LogP contribution >= 0.6 is 0 Å². The third-order valence-electron chi connectivity index (χ3n) is 4.85. The monoisotopic (exact) mass is 368 g/mol. The summed E-state index contributed by atoms with van der Waals surface area (Å²) in [5.41, 5.74) is 0.363. The Labute approximate surface area is 156 Å². The zero-order valence-corrected chi connectivity index (χ0v) is 14.7. The minimum atomic E-state index is -0.701. The molecular formula is C20H20N2O5. The van der Waals surface area contributed by atoms with Crippen LogP contribution in [0.3, 0.4) is 0 Å². The number of carbonyl (C=O) groups excluding carboxylic acids is 2. The maximum atomic E-state index is 12.8. The molecule has 2 aromatic carbocycles. The molecule has 0 spiro atoms. The molecule has 0 heterocycles. The number of nitrogens with one attached hydrogen (secondary N) is 1. The molecule has 1 amide bonds. The molecule has 1 fully saturated rings. The number of ether oxygens (including phenoxy) is 1. The third-order valence-corrected chi connectivity index (χ3v) is 4.85. The second-order valence-corrected chi connectivity index (χ2v) is 6.59. The van der Waals surface area contributed by atoms with Gasteiger partial charge in [-0.15, -0.1) is 0 Å². The van der Waals surface area contributed by atoms with Crippen molar-refractivity contribution < 1.29 is 19.2 Å². The van der Waals surface area contributed by atoms with E-state index in [2.05, 4.69) is 5.32 Å². The summed E-state index contributed by atoms with van der Waals surface area (Å²) in [6.07, 6.45) is 3.26. The first kappa shape index (κ1) is 18.6. The lowest BCUT2D eigenvalue weighted by Gasteiger charge is -2.27. The Balaban J connectivity index is 1.63. The number of amides is 1. The standard InChI is InChI=1S/C20H20N2O5/c23-18(21-16-9-6-10-17(13-16)22(25)26)14-27-19(24)20(11-4-5-12-20)15-7-2-1-3-8-15/h1-3,6-10,13H,4-5,11-12,14H2,(H,21,23). The number of esters is 1. The van der Waals surface area contributed by atoms with Crippen molar-refractivity contribution in [2.24, 2.45) is 0 Å². The van der Waals surface area contributed by atoms with Crippen LogP contribution in [0.25, 0.3) is 0 Å². The largest absolute Gasteiger partial charge is 0.455 e. The maximum absolute atomic E-state index is 12.8. The zero-order valence-electron chi connectivity index (χ0n) is 14.7. The normalized spacial score (nSPS) is 15.1. The smallest absolute Gasteiger partial charge is 0.317 e. The lowest BCUT2D eigenvalue weighted by Crippen LogP contribution is -2.36. The van der Waals surface area contributed by atoms with Crippen LogP contribution in [-0.2, 0) is 19.7 Å². The molecule has 1 saturated carbocycles. The minimum absolute atomic E-state index is 0.126. The van der Waals surface area contributed by atoms with Crippen molar-refractivity contribution in [2.45, 2.75) is 31.1 Å². The van der Waals surface area contributed by atoms with E-state index in [0.717, 1.165) is 18.4 Å². The number of anilines is 1. The highest BCUT2D eigenvalue weighted by atomic mass is 16.6. The molecule has 7 heteroatoms. The van der Waals surface area contributed by atoms with Crippen molar-refractivity contribution in [2.75, 3.05) is 11.9 Å². The summed E-state index contributed by atoms with van der Waals surface area (Å²) in [6, 6.07) is 15.1. The van der Waals surface area contributed by atoms with E-state index in [0.29, 0.717) is 12.8 Å². The molecule has 0 bridgehead atoms. The summed E-state index contributed by atoms with van der Waals surface area (Å²) in [7, 11) is 0. The van der Waals surface area contributed by atoms with Gasteiger partial charge in [-0.3, -0.25) is 19.7 Å². The third kappa shape index (κ3) is 4.13. The van der Waals surface area contributed by atoms with Gasteiger partial charge in [0.15, 0.2) is 6.61 Å². The highest BCUT2D eigenvalue weighted by Gasteiger charge is 2.44. The number of nitro benzene ring substituents is 1. The summed E-state index contributed by atoms with van der Waals surface area (Å²) in [6.45, 7) is -0.434. The molecule has 0 aromatic heterocycles. The topological polar surface area (TPSA) is 98.5 Å². The predicted octanol–water partition coefficient (Wildman–Crippen LogP) is 3.59. The SMILES string of the molecule is O=C(COC(=O)C1(c2ccccc2)CCCC1)Nc1cccc([N+](=O)[O-])c1. The number of carbonyl (C=O) groups is 2. The average molecular weight is 368 g/mol. The van der Waals surface area contributed by atoms with E-state index in [1.165, 1.54) is 24.3 Å². The Hall–Kier alpha value is -3.22. The van der Waals surface area contributed by atoms with E-state index < -0.39 is 28.8 Å². The molecule has 2 aromatic rings. The van der Waals surface area contributed by atoms with Crippen molar-refractivity contribution in [3.8, 4) is 0 Å². The molecule has 1 aliphatic rings. The number of non-ortho nitro benzene ring substituents is 1. The summed E-state index contributed by atoms with van der Waals surface area (Å²) in [4.78, 5) is 35.1. The number of rotatable bonds is 6. The van der Waals surface area contributed by atoms with Crippen LogP contribution < -0.4 is 5.32 Å². The molecule has 7 nitrogen and oxygen atoms in total. The summed E-state index contributed by atoms with van der Waals surface area (Å²) in [5, 5.41) is 13.3. The van der Waals surface area contributed by atoms with Gasteiger partial charge in [-0.2, -0.15) is 0 Å². The summed E-state index contributed by atoms with van der Waals surface area (Å²) < 4.78 is 5.31. The molecule has 140 valence electrons. The lowest BCUT2D eigenvalue weighted by atomic mass is 9.79. The van der Waals surface area contributed by atoms with E-state index in [-0.39, 0.29) is 11.4 Å². The van der Waals surface area contributed by atoms with Crippen molar-refractivity contribution in [1.29, 1.82) is 0 Å². The minimum Gasteiger partial charge on any atom is -0.455 e. The molecule has 0 aliphatic heterocycles. The van der Waals surface area contributed by atoms with Crippen molar-refractivity contribution in [3.63, 3.8) is 0 Å². The maximum Gasteiger partial charge on any atom is 0.317 e. The molecule has 0 unspecified atom stereocenters. The molecule has 0 saturated heterocycles. The van der Waals surface area contributed by atoms with E-state index in [9.17, 15) is 19.7 Å². The molecule has 3 rings (SSSR count). The fraction of sp³-hybridized carbons (Fsp3) is 0.300. The number of nitrogens with zero attached hydrogens (tertiary/aromatic N) is 1. The van der Waals surface area contributed by atoms with Gasteiger partial charge in [0, 0.05) is 17.8 Å². The van der Waals surface area contributed by atoms with Crippen LogP contribution in [0.15, 0.2) is 54.6 Å². The van der Waals surface area contributed by atoms with Gasteiger partial charge in [0.05, 0.1) is 10.3 Å². The van der Waals surface area contributed by atoms with Crippen LogP contribution in [0.4, 0.5) is 11.4 Å². The first-order valence-corrected chi connectivity index (χ1v) is 8.78.